The summed E-state index contributed by atoms with van der Waals surface area (Å²) in [6, 6.07) is 5.37. The number of rotatable bonds is 4. The zero-order valence-corrected chi connectivity index (χ0v) is 15.2. The number of nitrogens with one attached hydrogen (secondary N) is 1. The number of benzene rings is 2. The van der Waals surface area contributed by atoms with E-state index < -0.39 is 53.3 Å². The molecule has 0 aliphatic heterocycles. The topological polar surface area (TPSA) is 46.9 Å². The van der Waals surface area contributed by atoms with Crippen molar-refractivity contribution in [1.29, 1.82) is 0 Å². The number of carbonyl (C=O) groups is 1. The minimum Gasteiger partial charge on any atom is -0.348 e. The van der Waals surface area contributed by atoms with E-state index in [2.05, 4.69) is 5.10 Å². The molecule has 2 aromatic carbocycles. The summed E-state index contributed by atoms with van der Waals surface area (Å²) >= 11 is 0. The Morgan fingerprint density at radius 1 is 0.903 bits per heavy atom. The zero-order valence-electron chi connectivity index (χ0n) is 15.2. The van der Waals surface area contributed by atoms with E-state index in [0.717, 1.165) is 24.3 Å². The normalized spacial score (nSPS) is 12.1. The van der Waals surface area contributed by atoms with E-state index in [4.69, 9.17) is 0 Å². The number of amides is 1. The highest BCUT2D eigenvalue weighted by atomic mass is 19.4. The molecule has 164 valence electrons. The first-order chi connectivity index (χ1) is 14.4. The number of carbonyl (C=O) groups excluding carboxylic acids is 1. The molecule has 4 nitrogen and oxygen atoms in total. The lowest BCUT2D eigenvalue weighted by atomic mass is 10.1. The number of nitrogens with zero attached hydrogens (tertiary/aromatic N) is 2. The van der Waals surface area contributed by atoms with Gasteiger partial charge in [0.25, 0.3) is 5.91 Å². The molecule has 3 rings (SSSR count). The van der Waals surface area contributed by atoms with Crippen LogP contribution in [0.2, 0.25) is 0 Å². The van der Waals surface area contributed by atoms with Crippen molar-refractivity contribution in [2.75, 3.05) is 0 Å². The molecule has 0 aliphatic carbocycles. The Hall–Kier alpha value is -3.44. The van der Waals surface area contributed by atoms with E-state index in [9.17, 15) is 39.9 Å². The van der Waals surface area contributed by atoms with Crippen molar-refractivity contribution in [2.45, 2.75) is 18.9 Å². The third-order valence-electron chi connectivity index (χ3n) is 4.09. The first-order valence-corrected chi connectivity index (χ1v) is 8.42. The minimum absolute atomic E-state index is 0.173. The fourth-order valence-electron chi connectivity index (χ4n) is 2.76. The smallest absolute Gasteiger partial charge is 0.348 e. The highest BCUT2D eigenvalue weighted by Gasteiger charge is 2.40. The van der Waals surface area contributed by atoms with Crippen LogP contribution in [0.1, 0.15) is 27.2 Å². The van der Waals surface area contributed by atoms with Gasteiger partial charge in [0.2, 0.25) is 0 Å². The molecule has 0 aliphatic rings. The van der Waals surface area contributed by atoms with Gasteiger partial charge in [0.15, 0.2) is 5.69 Å². The van der Waals surface area contributed by atoms with Crippen LogP contribution in [0.4, 0.5) is 35.1 Å². The van der Waals surface area contributed by atoms with Gasteiger partial charge in [0.1, 0.15) is 11.6 Å². The van der Waals surface area contributed by atoms with Crippen molar-refractivity contribution in [1.82, 2.24) is 15.1 Å². The van der Waals surface area contributed by atoms with Crippen LogP contribution in [0.5, 0.6) is 0 Å². The van der Waals surface area contributed by atoms with Gasteiger partial charge in [-0.15, -0.1) is 0 Å². The van der Waals surface area contributed by atoms with E-state index in [1.54, 1.807) is 0 Å². The lowest BCUT2D eigenvalue weighted by Gasteiger charge is -2.13. The SMILES string of the molecule is O=C(NCc1cc(F)cc(C(F)(F)F)c1)c1cnn(-c2ccc(F)cc2)c1C(F)(F)F. The Morgan fingerprint density at radius 2 is 1.55 bits per heavy atom. The number of hydrogen-bond donors (Lipinski definition) is 1. The molecule has 1 N–H and O–H groups in total. The summed E-state index contributed by atoms with van der Waals surface area (Å²) in [5.41, 5.74) is -4.17. The molecule has 0 atom stereocenters. The predicted molar refractivity (Wildman–Crippen MR) is 91.1 cm³/mol. The Bertz CT molecular complexity index is 1100. The lowest BCUT2D eigenvalue weighted by molar-refractivity contribution is -0.143. The molecular weight excluding hydrogens is 438 g/mol. The van der Waals surface area contributed by atoms with Gasteiger partial charge in [-0.1, -0.05) is 0 Å². The fraction of sp³-hybridized carbons (Fsp3) is 0.158. The highest BCUT2D eigenvalue weighted by Crippen LogP contribution is 2.34. The van der Waals surface area contributed by atoms with E-state index in [1.165, 1.54) is 0 Å². The minimum atomic E-state index is -5.04. The van der Waals surface area contributed by atoms with E-state index in [1.807, 2.05) is 5.32 Å². The average Bonchev–Trinajstić information content (AvgIpc) is 3.11. The molecule has 0 radical (unpaired) electrons. The van der Waals surface area contributed by atoms with Crippen molar-refractivity contribution in [3.8, 4) is 5.69 Å². The van der Waals surface area contributed by atoms with E-state index >= 15 is 0 Å². The Kier molecular flexibility index (Phi) is 5.74. The van der Waals surface area contributed by atoms with Crippen LogP contribution in [-0.2, 0) is 18.9 Å². The summed E-state index contributed by atoms with van der Waals surface area (Å²) in [4.78, 5) is 12.3. The standard InChI is InChI=1S/C19H11F8N3O/c20-12-1-3-14(4-2-12)30-16(19(25,26)27)15(9-29-30)17(31)28-8-10-5-11(18(22,23)24)7-13(21)6-10/h1-7,9H,8H2,(H,28,31). The predicted octanol–water partition coefficient (Wildman–Crippen LogP) is 5.12. The van der Waals surface area contributed by atoms with E-state index in [0.29, 0.717) is 23.0 Å². The largest absolute Gasteiger partial charge is 0.434 e. The lowest BCUT2D eigenvalue weighted by Crippen LogP contribution is -2.26. The van der Waals surface area contributed by atoms with Crippen molar-refractivity contribution in [3.05, 3.63) is 82.7 Å². The Morgan fingerprint density at radius 3 is 2.13 bits per heavy atom. The maximum Gasteiger partial charge on any atom is 0.434 e. The van der Waals surface area contributed by atoms with Crippen molar-refractivity contribution in [3.63, 3.8) is 0 Å². The van der Waals surface area contributed by atoms with Crippen molar-refractivity contribution >= 4 is 5.91 Å². The Labute approximate surface area is 169 Å². The van der Waals surface area contributed by atoms with Gasteiger partial charge in [-0.2, -0.15) is 31.4 Å². The molecule has 0 unspecified atom stereocenters. The molecule has 3 aromatic rings. The summed E-state index contributed by atoms with van der Waals surface area (Å²) in [5.74, 6) is -3.21. The monoisotopic (exact) mass is 449 g/mol. The first-order valence-electron chi connectivity index (χ1n) is 8.42. The summed E-state index contributed by atoms with van der Waals surface area (Å²) in [6.07, 6.45) is -9.27. The quantitative estimate of drug-likeness (QED) is 0.563. The molecule has 0 spiro atoms. The van der Waals surface area contributed by atoms with Gasteiger partial charge in [0.05, 0.1) is 23.0 Å². The molecule has 1 amide bonds. The molecule has 0 fully saturated rings. The second-order valence-electron chi connectivity index (χ2n) is 6.32. The number of alkyl halides is 6. The van der Waals surface area contributed by atoms with E-state index in [-0.39, 0.29) is 17.3 Å². The van der Waals surface area contributed by atoms with Crippen LogP contribution in [0.15, 0.2) is 48.7 Å². The summed E-state index contributed by atoms with van der Waals surface area (Å²) < 4.78 is 106. The van der Waals surface area contributed by atoms with Gasteiger partial charge < -0.3 is 5.32 Å². The maximum atomic E-state index is 13.6. The molecule has 0 bridgehead atoms. The molecule has 0 saturated carbocycles. The molecule has 31 heavy (non-hydrogen) atoms. The van der Waals surface area contributed by atoms with Crippen LogP contribution in [0.25, 0.3) is 5.69 Å². The van der Waals surface area contributed by atoms with Gasteiger partial charge >= 0.3 is 12.4 Å². The van der Waals surface area contributed by atoms with Crippen molar-refractivity contribution < 1.29 is 39.9 Å². The summed E-state index contributed by atoms with van der Waals surface area (Å²) in [5, 5.41) is 5.54. The summed E-state index contributed by atoms with van der Waals surface area (Å²) in [6.45, 7) is -0.668. The van der Waals surface area contributed by atoms with Crippen LogP contribution in [0.3, 0.4) is 0 Å². The summed E-state index contributed by atoms with van der Waals surface area (Å²) in [7, 11) is 0. The second-order valence-corrected chi connectivity index (χ2v) is 6.32. The molecule has 1 aromatic heterocycles. The third kappa shape index (κ3) is 5.01. The van der Waals surface area contributed by atoms with Crippen molar-refractivity contribution in [2.24, 2.45) is 0 Å². The average molecular weight is 449 g/mol. The third-order valence-corrected chi connectivity index (χ3v) is 4.09. The molecular formula is C19H11F8N3O. The fourth-order valence-corrected chi connectivity index (χ4v) is 2.76. The maximum absolute atomic E-state index is 13.6. The molecule has 0 saturated heterocycles. The number of aromatic nitrogens is 2. The van der Waals surface area contributed by atoms with Gasteiger partial charge in [-0.05, 0) is 48.0 Å². The van der Waals surface area contributed by atoms with Gasteiger partial charge in [-0.3, -0.25) is 4.79 Å². The first kappa shape index (κ1) is 22.2. The number of hydrogen-bond acceptors (Lipinski definition) is 2. The second kappa shape index (κ2) is 8.00. The number of halogens is 8. The van der Waals surface area contributed by atoms with Gasteiger partial charge in [-0.25, -0.2) is 13.5 Å². The molecule has 12 heteroatoms. The molecule has 1 heterocycles. The van der Waals surface area contributed by atoms with Crippen LogP contribution >= 0.6 is 0 Å². The van der Waals surface area contributed by atoms with Crippen LogP contribution in [-0.4, -0.2) is 15.7 Å². The zero-order chi connectivity index (χ0) is 23.0. The Balaban J connectivity index is 1.89. The van der Waals surface area contributed by atoms with Crippen LogP contribution in [0, 0.1) is 11.6 Å². The highest BCUT2D eigenvalue weighted by molar-refractivity contribution is 5.95. The van der Waals surface area contributed by atoms with Crippen LogP contribution < -0.4 is 5.32 Å². The van der Waals surface area contributed by atoms with Gasteiger partial charge in [0, 0.05) is 6.54 Å².